The van der Waals surface area contributed by atoms with Gasteiger partial charge in [-0.1, -0.05) is 30.3 Å². The third kappa shape index (κ3) is 3.84. The van der Waals surface area contributed by atoms with Crippen LogP contribution in [0.5, 0.6) is 0 Å². The third-order valence-corrected chi connectivity index (χ3v) is 3.82. The molecule has 1 saturated heterocycles. The summed E-state index contributed by atoms with van der Waals surface area (Å²) < 4.78 is 5.26. The predicted molar refractivity (Wildman–Crippen MR) is 87.3 cm³/mol. The van der Waals surface area contributed by atoms with Crippen LogP contribution in [-0.2, 0) is 11.3 Å². The number of carbonyl (C=O) groups is 1. The van der Waals surface area contributed by atoms with Crippen molar-refractivity contribution in [1.82, 2.24) is 15.1 Å². The van der Waals surface area contributed by atoms with E-state index in [1.54, 1.807) is 11.0 Å². The zero-order chi connectivity index (χ0) is 16.1. The molecule has 0 aliphatic carbocycles. The van der Waals surface area contributed by atoms with Crippen molar-refractivity contribution in [2.45, 2.75) is 6.54 Å². The Morgan fingerprint density at radius 2 is 1.87 bits per heavy atom. The molecule has 0 unspecified atom stereocenters. The molecule has 0 radical (unpaired) electrons. The lowest BCUT2D eigenvalue weighted by Crippen LogP contribution is -2.41. The first-order valence-corrected chi connectivity index (χ1v) is 7.70. The maximum absolute atomic E-state index is 12.3. The van der Waals surface area contributed by atoms with Crippen molar-refractivity contribution in [3.8, 4) is 0 Å². The van der Waals surface area contributed by atoms with E-state index in [4.69, 9.17) is 4.74 Å². The Balaban J connectivity index is 1.65. The molecule has 1 fully saturated rings. The van der Waals surface area contributed by atoms with Crippen LogP contribution in [0.15, 0.2) is 42.5 Å². The monoisotopic (exact) mass is 312 g/mol. The van der Waals surface area contributed by atoms with Gasteiger partial charge in [0.1, 0.15) is 0 Å². The number of nitrogens with zero attached hydrogens (tertiary/aromatic N) is 4. The molecule has 1 aliphatic heterocycles. The summed E-state index contributed by atoms with van der Waals surface area (Å²) in [6, 6.07) is 13.7. The van der Waals surface area contributed by atoms with Crippen molar-refractivity contribution in [3.63, 3.8) is 0 Å². The molecular formula is C17H20N4O2. The van der Waals surface area contributed by atoms with Gasteiger partial charge >= 0.3 is 0 Å². The maximum atomic E-state index is 12.3. The van der Waals surface area contributed by atoms with Crippen LogP contribution in [0.1, 0.15) is 16.1 Å². The minimum absolute atomic E-state index is 0.0851. The molecule has 0 atom stereocenters. The fourth-order valence-corrected chi connectivity index (χ4v) is 2.51. The number of anilines is 1. The van der Waals surface area contributed by atoms with Gasteiger partial charge in [-0.2, -0.15) is 0 Å². The smallest absolute Gasteiger partial charge is 0.274 e. The van der Waals surface area contributed by atoms with Crippen LogP contribution in [0.4, 0.5) is 5.82 Å². The number of carbonyl (C=O) groups excluding carboxylic acids is 1. The topological polar surface area (TPSA) is 58.6 Å². The molecule has 23 heavy (non-hydrogen) atoms. The number of rotatable bonds is 4. The molecule has 1 amide bonds. The van der Waals surface area contributed by atoms with E-state index in [2.05, 4.69) is 22.3 Å². The summed E-state index contributed by atoms with van der Waals surface area (Å²) in [5.41, 5.74) is 1.58. The molecule has 0 spiro atoms. The SMILES string of the molecule is CN(Cc1ccccc1)c1ccc(C(=O)N2CCOCC2)nn1. The van der Waals surface area contributed by atoms with Gasteiger partial charge in [-0.15, -0.1) is 10.2 Å². The van der Waals surface area contributed by atoms with Gasteiger partial charge in [0.25, 0.3) is 5.91 Å². The standard InChI is InChI=1S/C17H20N4O2/c1-20(13-14-5-3-2-4-6-14)16-8-7-15(18-19-16)17(22)21-9-11-23-12-10-21/h2-8H,9-13H2,1H3. The summed E-state index contributed by atoms with van der Waals surface area (Å²) in [5, 5.41) is 8.28. The van der Waals surface area contributed by atoms with Crippen molar-refractivity contribution in [1.29, 1.82) is 0 Å². The van der Waals surface area contributed by atoms with Crippen LogP contribution >= 0.6 is 0 Å². The van der Waals surface area contributed by atoms with Crippen molar-refractivity contribution >= 4 is 11.7 Å². The van der Waals surface area contributed by atoms with Gasteiger partial charge in [0.05, 0.1) is 13.2 Å². The van der Waals surface area contributed by atoms with Crippen LogP contribution in [0.25, 0.3) is 0 Å². The highest BCUT2D eigenvalue weighted by molar-refractivity contribution is 5.92. The molecule has 6 nitrogen and oxygen atoms in total. The number of hydrogen-bond acceptors (Lipinski definition) is 5. The van der Waals surface area contributed by atoms with E-state index in [9.17, 15) is 4.79 Å². The lowest BCUT2D eigenvalue weighted by atomic mass is 10.2. The molecular weight excluding hydrogens is 292 g/mol. The summed E-state index contributed by atoms with van der Waals surface area (Å²) >= 11 is 0. The van der Waals surface area contributed by atoms with Crippen LogP contribution < -0.4 is 4.90 Å². The van der Waals surface area contributed by atoms with Crippen LogP contribution in [0, 0.1) is 0 Å². The van der Waals surface area contributed by atoms with E-state index in [1.165, 1.54) is 5.56 Å². The summed E-state index contributed by atoms with van der Waals surface area (Å²) in [5.74, 6) is 0.658. The molecule has 120 valence electrons. The van der Waals surface area contributed by atoms with Crippen LogP contribution in [0.2, 0.25) is 0 Å². The van der Waals surface area contributed by atoms with Gasteiger partial charge in [-0.05, 0) is 17.7 Å². The van der Waals surface area contributed by atoms with Gasteiger partial charge in [0.2, 0.25) is 0 Å². The Morgan fingerprint density at radius 3 is 2.52 bits per heavy atom. The van der Waals surface area contributed by atoms with Crippen molar-refractivity contribution in [2.75, 3.05) is 38.3 Å². The Morgan fingerprint density at radius 1 is 1.13 bits per heavy atom. The van der Waals surface area contributed by atoms with Crippen molar-refractivity contribution in [2.24, 2.45) is 0 Å². The van der Waals surface area contributed by atoms with Crippen LogP contribution in [0.3, 0.4) is 0 Å². The summed E-state index contributed by atoms with van der Waals surface area (Å²) in [6.45, 7) is 3.12. The Labute approximate surface area is 135 Å². The number of benzene rings is 1. The number of morpholine rings is 1. The number of hydrogen-bond donors (Lipinski definition) is 0. The molecule has 6 heteroatoms. The molecule has 0 bridgehead atoms. The molecule has 2 aromatic rings. The van der Waals surface area contributed by atoms with E-state index in [0.717, 1.165) is 12.4 Å². The number of ether oxygens (including phenoxy) is 1. The zero-order valence-corrected chi connectivity index (χ0v) is 13.2. The van der Waals surface area contributed by atoms with E-state index in [0.29, 0.717) is 32.0 Å². The highest BCUT2D eigenvalue weighted by Crippen LogP contribution is 2.13. The van der Waals surface area contributed by atoms with Crippen molar-refractivity contribution in [3.05, 3.63) is 53.7 Å². The van der Waals surface area contributed by atoms with E-state index >= 15 is 0 Å². The first-order valence-electron chi connectivity index (χ1n) is 7.70. The number of amides is 1. The molecule has 0 saturated carbocycles. The second kappa shape index (κ2) is 7.19. The second-order valence-corrected chi connectivity index (χ2v) is 5.52. The highest BCUT2D eigenvalue weighted by Gasteiger charge is 2.20. The summed E-state index contributed by atoms with van der Waals surface area (Å²) in [7, 11) is 1.96. The Kier molecular flexibility index (Phi) is 4.83. The quantitative estimate of drug-likeness (QED) is 0.858. The molecule has 2 heterocycles. The van der Waals surface area contributed by atoms with E-state index < -0.39 is 0 Å². The second-order valence-electron chi connectivity index (χ2n) is 5.52. The van der Waals surface area contributed by atoms with Crippen LogP contribution in [-0.4, -0.2) is 54.4 Å². The molecule has 0 N–H and O–H groups in total. The van der Waals surface area contributed by atoms with Gasteiger partial charge < -0.3 is 14.5 Å². The Bertz CT molecular complexity index is 639. The van der Waals surface area contributed by atoms with Gasteiger partial charge in [-0.3, -0.25) is 4.79 Å². The first kappa shape index (κ1) is 15.4. The average Bonchev–Trinajstić information content (AvgIpc) is 2.63. The first-order chi connectivity index (χ1) is 11.2. The Hall–Kier alpha value is -2.47. The average molecular weight is 312 g/mol. The fraction of sp³-hybridized carbons (Fsp3) is 0.353. The lowest BCUT2D eigenvalue weighted by molar-refractivity contribution is 0.0298. The molecule has 3 rings (SSSR count). The third-order valence-electron chi connectivity index (χ3n) is 3.82. The lowest BCUT2D eigenvalue weighted by Gasteiger charge is -2.26. The summed E-state index contributed by atoms with van der Waals surface area (Å²) in [6.07, 6.45) is 0. The summed E-state index contributed by atoms with van der Waals surface area (Å²) in [4.78, 5) is 16.1. The maximum Gasteiger partial charge on any atom is 0.274 e. The molecule has 1 aromatic heterocycles. The minimum Gasteiger partial charge on any atom is -0.378 e. The number of aromatic nitrogens is 2. The molecule has 1 aliphatic rings. The fourth-order valence-electron chi connectivity index (χ4n) is 2.51. The van der Waals surface area contributed by atoms with Gasteiger partial charge in [0.15, 0.2) is 11.5 Å². The highest BCUT2D eigenvalue weighted by atomic mass is 16.5. The van der Waals surface area contributed by atoms with Gasteiger partial charge in [-0.25, -0.2) is 0 Å². The van der Waals surface area contributed by atoms with E-state index in [-0.39, 0.29) is 5.91 Å². The van der Waals surface area contributed by atoms with E-state index in [1.807, 2.05) is 36.2 Å². The predicted octanol–water partition coefficient (Wildman–Crippen LogP) is 1.59. The zero-order valence-electron chi connectivity index (χ0n) is 13.2. The minimum atomic E-state index is -0.0851. The van der Waals surface area contributed by atoms with Crippen molar-refractivity contribution < 1.29 is 9.53 Å². The van der Waals surface area contributed by atoms with Gasteiger partial charge in [0, 0.05) is 26.7 Å². The largest absolute Gasteiger partial charge is 0.378 e. The normalized spacial score (nSPS) is 14.6. The molecule has 1 aromatic carbocycles.